The average molecular weight is 287 g/mol. The Balaban J connectivity index is 2.29. The maximum Gasteiger partial charge on any atom is 0.254 e. The normalized spacial score (nSPS) is 23.4. The molecule has 1 aliphatic heterocycles. The third-order valence-electron chi connectivity index (χ3n) is 3.35. The van der Waals surface area contributed by atoms with Crippen LogP contribution in [0.5, 0.6) is 0 Å². The lowest BCUT2D eigenvalue weighted by Gasteiger charge is -2.22. The summed E-state index contributed by atoms with van der Waals surface area (Å²) in [6.45, 7) is 4.98. The van der Waals surface area contributed by atoms with Gasteiger partial charge in [-0.3, -0.25) is 4.79 Å². The highest BCUT2D eigenvalue weighted by Gasteiger charge is 2.30. The first-order valence-corrected chi connectivity index (χ1v) is 6.71. The van der Waals surface area contributed by atoms with Gasteiger partial charge in [-0.1, -0.05) is 30.1 Å². The second kappa shape index (κ2) is 4.98. The van der Waals surface area contributed by atoms with Gasteiger partial charge in [0.05, 0.1) is 15.7 Å². The maximum absolute atomic E-state index is 12.4. The molecule has 1 aromatic carbocycles. The molecule has 98 valence electrons. The Morgan fingerprint density at radius 2 is 2.06 bits per heavy atom. The molecule has 2 unspecified atom stereocenters. The summed E-state index contributed by atoms with van der Waals surface area (Å²) in [4.78, 5) is 14.3. The Hall–Kier alpha value is -0.930. The lowest BCUT2D eigenvalue weighted by Crippen LogP contribution is -2.34. The van der Waals surface area contributed by atoms with Crippen LogP contribution < -0.4 is 5.73 Å². The summed E-state index contributed by atoms with van der Waals surface area (Å²) >= 11 is 11.8. The zero-order valence-electron chi connectivity index (χ0n) is 10.4. The number of hydrogen-bond donors (Lipinski definition) is 1. The summed E-state index contributed by atoms with van der Waals surface area (Å²) in [7, 11) is 0. The van der Waals surface area contributed by atoms with Crippen LogP contribution in [-0.2, 0) is 0 Å². The van der Waals surface area contributed by atoms with Crippen molar-refractivity contribution in [1.82, 2.24) is 4.90 Å². The fourth-order valence-electron chi connectivity index (χ4n) is 2.48. The minimum atomic E-state index is -0.0304. The van der Waals surface area contributed by atoms with Crippen molar-refractivity contribution in [3.8, 4) is 0 Å². The molecule has 2 atom stereocenters. The summed E-state index contributed by atoms with van der Waals surface area (Å²) in [6, 6.07) is 3.42. The predicted octanol–water partition coefficient (Wildman–Crippen LogP) is 3.45. The van der Waals surface area contributed by atoms with Gasteiger partial charge >= 0.3 is 0 Å². The molecular weight excluding hydrogens is 271 g/mol. The average Bonchev–Trinajstić information content (AvgIpc) is 2.63. The van der Waals surface area contributed by atoms with Crippen LogP contribution >= 0.6 is 23.2 Å². The van der Waals surface area contributed by atoms with E-state index in [4.69, 9.17) is 28.9 Å². The van der Waals surface area contributed by atoms with Crippen LogP contribution in [0.2, 0.25) is 10.0 Å². The number of rotatable bonds is 1. The van der Waals surface area contributed by atoms with Crippen LogP contribution in [0.4, 0.5) is 5.69 Å². The topological polar surface area (TPSA) is 46.3 Å². The van der Waals surface area contributed by atoms with E-state index in [0.29, 0.717) is 27.2 Å². The summed E-state index contributed by atoms with van der Waals surface area (Å²) in [6.07, 6.45) is 1.03. The molecule has 0 spiro atoms. The number of nitrogens with two attached hydrogens (primary N) is 1. The predicted molar refractivity (Wildman–Crippen MR) is 75.2 cm³/mol. The molecule has 0 saturated carbocycles. The van der Waals surface area contributed by atoms with Crippen LogP contribution in [-0.4, -0.2) is 23.4 Å². The number of amides is 1. The highest BCUT2D eigenvalue weighted by atomic mass is 35.5. The van der Waals surface area contributed by atoms with Gasteiger partial charge in [-0.05, 0) is 31.4 Å². The number of anilines is 1. The first-order chi connectivity index (χ1) is 8.40. The van der Waals surface area contributed by atoms with E-state index in [9.17, 15) is 4.79 Å². The molecule has 2 N–H and O–H groups in total. The molecule has 1 amide bonds. The summed E-state index contributed by atoms with van der Waals surface area (Å²) in [5, 5.41) is 0.621. The quantitative estimate of drug-likeness (QED) is 0.804. The van der Waals surface area contributed by atoms with E-state index in [2.05, 4.69) is 13.8 Å². The fraction of sp³-hybridized carbons (Fsp3) is 0.462. The van der Waals surface area contributed by atoms with Gasteiger partial charge in [-0.2, -0.15) is 0 Å². The molecule has 1 aromatic rings. The zero-order chi connectivity index (χ0) is 13.4. The Kier molecular flexibility index (Phi) is 3.74. The van der Waals surface area contributed by atoms with Crippen molar-refractivity contribution in [3.63, 3.8) is 0 Å². The van der Waals surface area contributed by atoms with Gasteiger partial charge in [0.2, 0.25) is 0 Å². The van der Waals surface area contributed by atoms with E-state index in [1.165, 1.54) is 0 Å². The lowest BCUT2D eigenvalue weighted by molar-refractivity contribution is 0.0744. The number of likely N-dealkylation sites (tertiary alicyclic amines) is 1. The van der Waals surface area contributed by atoms with E-state index in [-0.39, 0.29) is 11.9 Å². The van der Waals surface area contributed by atoms with Gasteiger partial charge in [-0.25, -0.2) is 0 Å². The van der Waals surface area contributed by atoms with E-state index < -0.39 is 0 Å². The molecule has 1 saturated heterocycles. The molecule has 0 radical (unpaired) electrons. The monoisotopic (exact) mass is 286 g/mol. The van der Waals surface area contributed by atoms with Gasteiger partial charge in [0.1, 0.15) is 0 Å². The Labute approximate surface area is 117 Å². The first kappa shape index (κ1) is 13.5. The summed E-state index contributed by atoms with van der Waals surface area (Å²) in [5.41, 5.74) is 6.58. The van der Waals surface area contributed by atoms with Gasteiger partial charge in [-0.15, -0.1) is 0 Å². The van der Waals surface area contributed by atoms with Crippen molar-refractivity contribution in [2.45, 2.75) is 26.3 Å². The van der Waals surface area contributed by atoms with Crippen molar-refractivity contribution in [2.75, 3.05) is 12.3 Å². The Bertz CT molecular complexity index is 467. The zero-order valence-corrected chi connectivity index (χ0v) is 11.9. The van der Waals surface area contributed by atoms with Crippen molar-refractivity contribution in [2.24, 2.45) is 5.92 Å². The number of carbonyl (C=O) groups is 1. The molecule has 5 heteroatoms. The molecule has 0 bridgehead atoms. The highest BCUT2D eigenvalue weighted by Crippen LogP contribution is 2.31. The first-order valence-electron chi connectivity index (χ1n) is 5.95. The van der Waals surface area contributed by atoms with Crippen LogP contribution in [0.1, 0.15) is 30.6 Å². The molecule has 0 aromatic heterocycles. The van der Waals surface area contributed by atoms with Gasteiger partial charge < -0.3 is 10.6 Å². The van der Waals surface area contributed by atoms with E-state index >= 15 is 0 Å². The molecular formula is C13H16Cl2N2O. The number of nitrogens with zero attached hydrogens (tertiary/aromatic N) is 1. The molecule has 1 aliphatic rings. The number of halogens is 2. The van der Waals surface area contributed by atoms with E-state index in [1.807, 2.05) is 4.90 Å². The molecule has 1 heterocycles. The fourth-order valence-corrected chi connectivity index (χ4v) is 2.82. The standard InChI is InChI=1S/C13H16Cl2N2O/c1-7-3-8(2)17(6-7)13(18)9-4-10(14)12(15)11(16)5-9/h4-5,7-8H,3,6,16H2,1-2H3. The van der Waals surface area contributed by atoms with Gasteiger partial charge in [0, 0.05) is 18.2 Å². The van der Waals surface area contributed by atoms with Gasteiger partial charge in [0.25, 0.3) is 5.91 Å². The summed E-state index contributed by atoms with van der Waals surface area (Å²) < 4.78 is 0. The van der Waals surface area contributed by atoms with Crippen LogP contribution in [0.25, 0.3) is 0 Å². The van der Waals surface area contributed by atoms with Crippen molar-refractivity contribution in [1.29, 1.82) is 0 Å². The van der Waals surface area contributed by atoms with Crippen LogP contribution in [0, 0.1) is 5.92 Å². The van der Waals surface area contributed by atoms with Crippen LogP contribution in [0.3, 0.4) is 0 Å². The smallest absolute Gasteiger partial charge is 0.254 e. The van der Waals surface area contributed by atoms with E-state index in [1.54, 1.807) is 12.1 Å². The van der Waals surface area contributed by atoms with Crippen molar-refractivity contribution < 1.29 is 4.79 Å². The molecule has 0 aliphatic carbocycles. The molecule has 1 fully saturated rings. The van der Waals surface area contributed by atoms with E-state index in [0.717, 1.165) is 13.0 Å². The number of benzene rings is 1. The largest absolute Gasteiger partial charge is 0.397 e. The highest BCUT2D eigenvalue weighted by molar-refractivity contribution is 6.43. The SMILES string of the molecule is CC1CC(C)N(C(=O)c2cc(N)c(Cl)c(Cl)c2)C1. The third kappa shape index (κ3) is 2.43. The summed E-state index contributed by atoms with van der Waals surface area (Å²) in [5.74, 6) is 0.501. The van der Waals surface area contributed by atoms with Crippen LogP contribution in [0.15, 0.2) is 12.1 Å². The minimum absolute atomic E-state index is 0.0304. The molecule has 18 heavy (non-hydrogen) atoms. The second-order valence-corrected chi connectivity index (χ2v) is 5.79. The number of carbonyl (C=O) groups excluding carboxylic acids is 1. The lowest BCUT2D eigenvalue weighted by atomic mass is 10.1. The number of nitrogen functional groups attached to an aromatic ring is 1. The minimum Gasteiger partial charge on any atom is -0.397 e. The number of hydrogen-bond acceptors (Lipinski definition) is 2. The maximum atomic E-state index is 12.4. The Morgan fingerprint density at radius 1 is 1.39 bits per heavy atom. The Morgan fingerprint density at radius 3 is 2.56 bits per heavy atom. The van der Waals surface area contributed by atoms with Crippen molar-refractivity contribution in [3.05, 3.63) is 27.7 Å². The van der Waals surface area contributed by atoms with Gasteiger partial charge in [0.15, 0.2) is 0 Å². The molecule has 2 rings (SSSR count). The van der Waals surface area contributed by atoms with Crippen molar-refractivity contribution >= 4 is 34.8 Å². The third-order valence-corrected chi connectivity index (χ3v) is 4.16. The molecule has 3 nitrogen and oxygen atoms in total. The second-order valence-electron chi connectivity index (χ2n) is 5.01.